The molecule has 2 N–H and O–H groups in total. The quantitative estimate of drug-likeness (QED) is 0.866. The van der Waals surface area contributed by atoms with Gasteiger partial charge in [-0.05, 0) is 42.5 Å². The molecular formula is C18H22O2. The Bertz CT molecular complexity index is 630. The van der Waals surface area contributed by atoms with Crippen molar-refractivity contribution in [2.24, 2.45) is 0 Å². The van der Waals surface area contributed by atoms with Gasteiger partial charge in [0.15, 0.2) is 0 Å². The molecular weight excluding hydrogens is 248 g/mol. The first-order chi connectivity index (χ1) is 9.45. The van der Waals surface area contributed by atoms with E-state index in [9.17, 15) is 10.2 Å². The maximum Gasteiger partial charge on any atom is 0.122 e. The molecule has 2 heteroatoms. The molecule has 106 valence electrons. The van der Waals surface area contributed by atoms with E-state index in [0.717, 1.165) is 34.2 Å². The van der Waals surface area contributed by atoms with Crippen LogP contribution in [0.1, 0.15) is 47.6 Å². The van der Waals surface area contributed by atoms with Gasteiger partial charge in [0.2, 0.25) is 0 Å². The Morgan fingerprint density at radius 3 is 2.35 bits per heavy atom. The summed E-state index contributed by atoms with van der Waals surface area (Å²) in [4.78, 5) is 0. The van der Waals surface area contributed by atoms with E-state index in [2.05, 4.69) is 6.92 Å². The number of phenolic OH excluding ortho intramolecular Hbond substituents is 2. The van der Waals surface area contributed by atoms with E-state index in [0.29, 0.717) is 11.5 Å². The first-order valence-electron chi connectivity index (χ1n) is 7.06. The Morgan fingerprint density at radius 1 is 1.00 bits per heavy atom. The number of rotatable bonds is 3. The van der Waals surface area contributed by atoms with Crippen molar-refractivity contribution >= 4 is 0 Å². The van der Waals surface area contributed by atoms with Gasteiger partial charge in [0.1, 0.15) is 11.5 Å². The Morgan fingerprint density at radius 2 is 1.70 bits per heavy atom. The molecule has 2 aromatic rings. The molecule has 0 radical (unpaired) electrons. The maximum absolute atomic E-state index is 10.2. The van der Waals surface area contributed by atoms with Crippen LogP contribution in [-0.2, 0) is 6.42 Å². The zero-order valence-electron chi connectivity index (χ0n) is 12.6. The van der Waals surface area contributed by atoms with E-state index in [1.54, 1.807) is 0 Å². The second-order valence-electron chi connectivity index (χ2n) is 5.43. The molecule has 1 atom stereocenters. The van der Waals surface area contributed by atoms with Crippen molar-refractivity contribution in [3.8, 4) is 11.5 Å². The Balaban J connectivity index is 2.51. The lowest BCUT2D eigenvalue weighted by molar-refractivity contribution is 0.461. The summed E-state index contributed by atoms with van der Waals surface area (Å²) in [7, 11) is 0. The minimum atomic E-state index is 0.0968. The van der Waals surface area contributed by atoms with Crippen molar-refractivity contribution in [3.63, 3.8) is 0 Å². The van der Waals surface area contributed by atoms with Gasteiger partial charge < -0.3 is 10.2 Å². The predicted molar refractivity (Wildman–Crippen MR) is 82.6 cm³/mol. The van der Waals surface area contributed by atoms with Crippen LogP contribution in [0.3, 0.4) is 0 Å². The van der Waals surface area contributed by atoms with Gasteiger partial charge in [0.25, 0.3) is 0 Å². The molecule has 0 spiro atoms. The molecule has 0 amide bonds. The molecule has 0 heterocycles. The minimum absolute atomic E-state index is 0.0968. The number of aromatic hydroxyl groups is 2. The number of phenols is 2. The number of benzene rings is 2. The molecule has 0 aliphatic heterocycles. The maximum atomic E-state index is 10.2. The normalized spacial score (nSPS) is 12.4. The van der Waals surface area contributed by atoms with E-state index < -0.39 is 0 Å². The molecule has 2 aromatic carbocycles. The molecule has 0 bridgehead atoms. The Labute approximate surface area is 120 Å². The van der Waals surface area contributed by atoms with Gasteiger partial charge in [0.05, 0.1) is 0 Å². The van der Waals surface area contributed by atoms with E-state index in [-0.39, 0.29) is 5.92 Å². The zero-order chi connectivity index (χ0) is 14.9. The minimum Gasteiger partial charge on any atom is -0.507 e. The van der Waals surface area contributed by atoms with Crippen LogP contribution >= 0.6 is 0 Å². The molecule has 0 aromatic heterocycles. The summed E-state index contributed by atoms with van der Waals surface area (Å²) >= 11 is 0. The zero-order valence-corrected chi connectivity index (χ0v) is 12.6. The molecule has 2 rings (SSSR count). The highest BCUT2D eigenvalue weighted by molar-refractivity contribution is 5.49. The molecule has 2 nitrogen and oxygen atoms in total. The van der Waals surface area contributed by atoms with Crippen LogP contribution in [0, 0.1) is 13.8 Å². The number of para-hydroxylation sites is 1. The summed E-state index contributed by atoms with van der Waals surface area (Å²) in [5.74, 6) is 0.847. The van der Waals surface area contributed by atoms with Crippen LogP contribution in [0.4, 0.5) is 0 Å². The second-order valence-corrected chi connectivity index (χ2v) is 5.43. The Kier molecular flexibility index (Phi) is 4.03. The van der Waals surface area contributed by atoms with E-state index in [1.807, 2.05) is 51.1 Å². The van der Waals surface area contributed by atoms with Crippen molar-refractivity contribution < 1.29 is 10.2 Å². The van der Waals surface area contributed by atoms with Crippen LogP contribution in [-0.4, -0.2) is 10.2 Å². The average molecular weight is 270 g/mol. The van der Waals surface area contributed by atoms with Crippen molar-refractivity contribution in [2.45, 2.75) is 40.0 Å². The first kappa shape index (κ1) is 14.4. The van der Waals surface area contributed by atoms with E-state index in [1.165, 1.54) is 0 Å². The lowest BCUT2D eigenvalue weighted by atomic mass is 9.88. The highest BCUT2D eigenvalue weighted by atomic mass is 16.3. The summed E-state index contributed by atoms with van der Waals surface area (Å²) in [6.07, 6.45) is 0.799. The third-order valence-electron chi connectivity index (χ3n) is 4.02. The summed E-state index contributed by atoms with van der Waals surface area (Å²) in [6.45, 7) is 7.94. The number of hydrogen-bond donors (Lipinski definition) is 2. The van der Waals surface area contributed by atoms with E-state index >= 15 is 0 Å². The van der Waals surface area contributed by atoms with E-state index in [4.69, 9.17) is 0 Å². The number of aryl methyl sites for hydroxylation is 3. The standard InChI is InChI=1S/C18H22O2/c1-5-14-10-15(9-12(3)17(14)19)13(4)16-8-6-7-11(2)18(16)20/h6-10,13,19-20H,5H2,1-4H3/t13-/m0/s1. The van der Waals surface area contributed by atoms with Gasteiger partial charge in [0, 0.05) is 11.5 Å². The monoisotopic (exact) mass is 270 g/mol. The highest BCUT2D eigenvalue weighted by Crippen LogP contribution is 2.35. The fraction of sp³-hybridized carbons (Fsp3) is 0.333. The topological polar surface area (TPSA) is 40.5 Å². The van der Waals surface area contributed by atoms with Gasteiger partial charge in [-0.25, -0.2) is 0 Å². The largest absolute Gasteiger partial charge is 0.507 e. The second kappa shape index (κ2) is 5.58. The summed E-state index contributed by atoms with van der Waals surface area (Å²) in [5.41, 5.74) is 4.79. The van der Waals surface area contributed by atoms with Gasteiger partial charge >= 0.3 is 0 Å². The van der Waals surface area contributed by atoms with Gasteiger partial charge in [-0.3, -0.25) is 0 Å². The molecule has 0 aliphatic carbocycles. The molecule has 0 saturated carbocycles. The van der Waals surface area contributed by atoms with Crippen molar-refractivity contribution in [3.05, 3.63) is 58.1 Å². The van der Waals surface area contributed by atoms with Crippen molar-refractivity contribution in [1.82, 2.24) is 0 Å². The lowest BCUT2D eigenvalue weighted by Gasteiger charge is -2.18. The lowest BCUT2D eigenvalue weighted by Crippen LogP contribution is -2.00. The van der Waals surface area contributed by atoms with Crippen LogP contribution in [0.2, 0.25) is 0 Å². The summed E-state index contributed by atoms with van der Waals surface area (Å²) in [5, 5.41) is 20.3. The van der Waals surface area contributed by atoms with Crippen LogP contribution in [0.5, 0.6) is 11.5 Å². The average Bonchev–Trinajstić information content (AvgIpc) is 2.44. The van der Waals surface area contributed by atoms with Crippen molar-refractivity contribution in [1.29, 1.82) is 0 Å². The van der Waals surface area contributed by atoms with Gasteiger partial charge in [-0.1, -0.05) is 44.2 Å². The van der Waals surface area contributed by atoms with Gasteiger partial charge in [-0.2, -0.15) is 0 Å². The fourth-order valence-electron chi connectivity index (χ4n) is 2.61. The Hall–Kier alpha value is -1.96. The van der Waals surface area contributed by atoms with Crippen LogP contribution < -0.4 is 0 Å². The first-order valence-corrected chi connectivity index (χ1v) is 7.06. The number of hydrogen-bond acceptors (Lipinski definition) is 2. The third-order valence-corrected chi connectivity index (χ3v) is 4.02. The third kappa shape index (κ3) is 2.51. The van der Waals surface area contributed by atoms with Crippen LogP contribution in [0.25, 0.3) is 0 Å². The van der Waals surface area contributed by atoms with Gasteiger partial charge in [-0.15, -0.1) is 0 Å². The summed E-state index contributed by atoms with van der Waals surface area (Å²) < 4.78 is 0. The fourth-order valence-corrected chi connectivity index (χ4v) is 2.61. The SMILES string of the molecule is CCc1cc([C@H](C)c2cccc(C)c2O)cc(C)c1O. The smallest absolute Gasteiger partial charge is 0.122 e. The molecule has 20 heavy (non-hydrogen) atoms. The molecule has 0 saturated heterocycles. The molecule has 0 fully saturated rings. The summed E-state index contributed by atoms with van der Waals surface area (Å²) in [6, 6.07) is 9.87. The molecule has 0 unspecified atom stereocenters. The van der Waals surface area contributed by atoms with Crippen molar-refractivity contribution in [2.75, 3.05) is 0 Å². The predicted octanol–water partition coefficient (Wildman–Crippen LogP) is 4.43. The molecule has 0 aliphatic rings. The van der Waals surface area contributed by atoms with Crippen LogP contribution in [0.15, 0.2) is 30.3 Å². The highest BCUT2D eigenvalue weighted by Gasteiger charge is 2.16.